The van der Waals surface area contributed by atoms with Gasteiger partial charge in [0.1, 0.15) is 11.6 Å². The predicted octanol–water partition coefficient (Wildman–Crippen LogP) is 7.23. The molecule has 1 fully saturated rings. The summed E-state index contributed by atoms with van der Waals surface area (Å²) in [6.45, 7) is 8.63. The molecule has 0 aromatic heterocycles. The van der Waals surface area contributed by atoms with Gasteiger partial charge >= 0.3 is 12.0 Å². The number of anilines is 1. The second-order valence-corrected chi connectivity index (χ2v) is 16.0. The van der Waals surface area contributed by atoms with E-state index in [1.54, 1.807) is 42.2 Å². The number of carbonyl (C=O) groups excluding carboxylic acids is 3. The van der Waals surface area contributed by atoms with Gasteiger partial charge in [0.05, 0.1) is 11.1 Å². The average molecular weight is 818 g/mol. The molecule has 58 heavy (non-hydrogen) atoms. The van der Waals surface area contributed by atoms with Gasteiger partial charge in [-0.15, -0.1) is 12.6 Å². The number of nitrogens with one attached hydrogen (secondary N) is 3. The largest absolute Gasteiger partial charge is 0.478 e. The Labute approximate surface area is 344 Å². The Morgan fingerprint density at radius 3 is 2.24 bits per heavy atom. The Hall–Kier alpha value is -5.05. The number of benzene rings is 3. The minimum atomic E-state index is -1.06. The molecule has 3 aromatic rings. The first kappa shape index (κ1) is 44.1. The van der Waals surface area contributed by atoms with Crippen molar-refractivity contribution in [1.29, 1.82) is 0 Å². The standard InChI is InChI=1S/C44H53F2N5O6S/c1-28(48-40(53)32-10-8-9-30(23-32)26-51-21-20-50(27-44(51,2)3)43(57)47-19-6-7-22-52)39(35-11-4-5-12-38(35)58)41(54)49-33-24-36(45)34(37(46)25-33)18-15-29-13-16-31(17-14-29)42(55)56/h8-10,13-14,16-17,23-25,52,58H,4-7,11-12,15,18-22,26-27H2,1-3H3,(H,47,57)(H,48,53)(H,49,54)(H,55,56)/b39-28-. The number of aryl methyl sites for hydroxylation is 1. The Balaban J connectivity index is 1.28. The number of piperazine rings is 1. The summed E-state index contributed by atoms with van der Waals surface area (Å²) < 4.78 is 30.6. The third-order valence-corrected chi connectivity index (χ3v) is 11.2. The number of aromatic carboxylic acids is 1. The van der Waals surface area contributed by atoms with Crippen molar-refractivity contribution in [2.75, 3.05) is 38.1 Å². The summed E-state index contributed by atoms with van der Waals surface area (Å²) in [7, 11) is 0. The molecule has 0 atom stereocenters. The number of aliphatic hydroxyl groups is 1. The van der Waals surface area contributed by atoms with Crippen LogP contribution in [0.4, 0.5) is 19.3 Å². The minimum Gasteiger partial charge on any atom is -0.478 e. The zero-order valence-corrected chi connectivity index (χ0v) is 34.2. The molecule has 1 aliphatic carbocycles. The van der Waals surface area contributed by atoms with E-state index in [2.05, 4.69) is 47.3 Å². The minimum absolute atomic E-state index is 0.0200. The molecule has 11 nitrogen and oxygen atoms in total. The molecule has 4 amide bonds. The molecule has 14 heteroatoms. The van der Waals surface area contributed by atoms with Crippen molar-refractivity contribution in [2.45, 2.75) is 84.2 Å². The number of halogens is 2. The van der Waals surface area contributed by atoms with Crippen LogP contribution < -0.4 is 16.0 Å². The molecule has 0 saturated carbocycles. The van der Waals surface area contributed by atoms with E-state index < -0.39 is 29.4 Å². The lowest BCUT2D eigenvalue weighted by molar-refractivity contribution is -0.112. The van der Waals surface area contributed by atoms with Gasteiger partial charge in [-0.3, -0.25) is 14.5 Å². The van der Waals surface area contributed by atoms with Crippen LogP contribution in [0, 0.1) is 11.6 Å². The fraction of sp³-hybridized carbons (Fsp3) is 0.409. The Kier molecular flexibility index (Phi) is 15.3. The molecule has 5 N–H and O–H groups in total. The first-order chi connectivity index (χ1) is 27.7. The summed E-state index contributed by atoms with van der Waals surface area (Å²) in [6.07, 6.45) is 4.52. The first-order valence-corrected chi connectivity index (χ1v) is 20.1. The number of carboxylic acids is 1. The summed E-state index contributed by atoms with van der Waals surface area (Å²) in [4.78, 5) is 56.4. The third-order valence-electron chi connectivity index (χ3n) is 10.7. The van der Waals surface area contributed by atoms with Crippen molar-refractivity contribution in [3.63, 3.8) is 0 Å². The molecule has 0 unspecified atom stereocenters. The van der Waals surface area contributed by atoms with Gasteiger partial charge in [-0.1, -0.05) is 24.3 Å². The molecule has 1 saturated heterocycles. The van der Waals surface area contributed by atoms with Gasteiger partial charge in [-0.25, -0.2) is 18.4 Å². The fourth-order valence-electron chi connectivity index (χ4n) is 7.42. The van der Waals surface area contributed by atoms with E-state index in [0.717, 1.165) is 36.1 Å². The number of thiol groups is 1. The third kappa shape index (κ3) is 11.5. The Morgan fingerprint density at radius 2 is 1.59 bits per heavy atom. The number of aliphatic hydroxyl groups excluding tert-OH is 1. The van der Waals surface area contributed by atoms with Crippen LogP contribution in [0.3, 0.4) is 0 Å². The highest BCUT2D eigenvalue weighted by Gasteiger charge is 2.35. The maximum Gasteiger partial charge on any atom is 0.335 e. The van der Waals surface area contributed by atoms with E-state index in [1.165, 1.54) is 12.1 Å². The zero-order valence-electron chi connectivity index (χ0n) is 33.3. The van der Waals surface area contributed by atoms with Crippen molar-refractivity contribution in [3.8, 4) is 0 Å². The summed E-state index contributed by atoms with van der Waals surface area (Å²) >= 11 is 4.68. The molecule has 3 aromatic carbocycles. The quantitative estimate of drug-likeness (QED) is 0.0539. The molecule has 2 aliphatic rings. The van der Waals surface area contributed by atoms with Crippen molar-refractivity contribution >= 4 is 42.1 Å². The van der Waals surface area contributed by atoms with Crippen LogP contribution in [0.5, 0.6) is 0 Å². The van der Waals surface area contributed by atoms with E-state index >= 15 is 8.78 Å². The zero-order chi connectivity index (χ0) is 42.0. The molecular formula is C44H53F2N5O6S. The lowest BCUT2D eigenvalue weighted by Crippen LogP contribution is -2.61. The number of unbranched alkanes of at least 4 members (excludes halogenated alkanes) is 1. The number of urea groups is 1. The van der Waals surface area contributed by atoms with Gasteiger partial charge in [0.25, 0.3) is 11.8 Å². The molecule has 310 valence electrons. The smallest absolute Gasteiger partial charge is 0.335 e. The summed E-state index contributed by atoms with van der Waals surface area (Å²) in [6, 6.07) is 15.3. The summed E-state index contributed by atoms with van der Waals surface area (Å²) in [5.41, 5.74) is 2.65. The lowest BCUT2D eigenvalue weighted by Gasteiger charge is -2.47. The topological polar surface area (TPSA) is 151 Å². The van der Waals surface area contributed by atoms with Crippen molar-refractivity contribution < 1.29 is 38.2 Å². The lowest BCUT2D eigenvalue weighted by atomic mass is 9.91. The van der Waals surface area contributed by atoms with Crippen molar-refractivity contribution in [3.05, 3.63) is 122 Å². The van der Waals surface area contributed by atoms with Crippen LogP contribution in [0.25, 0.3) is 0 Å². The van der Waals surface area contributed by atoms with Crippen LogP contribution in [-0.2, 0) is 24.2 Å². The number of hydrogen-bond donors (Lipinski definition) is 6. The number of amides is 4. The van der Waals surface area contributed by atoms with Crippen molar-refractivity contribution in [2.24, 2.45) is 0 Å². The number of carboxylic acid groups (broad SMARTS) is 1. The predicted molar refractivity (Wildman–Crippen MR) is 223 cm³/mol. The molecule has 0 spiro atoms. The van der Waals surface area contributed by atoms with E-state index in [0.29, 0.717) is 74.4 Å². The van der Waals surface area contributed by atoms with Crippen LogP contribution in [-0.4, -0.2) is 82.2 Å². The van der Waals surface area contributed by atoms with Crippen LogP contribution >= 0.6 is 12.6 Å². The Morgan fingerprint density at radius 1 is 0.879 bits per heavy atom. The van der Waals surface area contributed by atoms with Crippen LogP contribution in [0.1, 0.15) is 96.7 Å². The first-order valence-electron chi connectivity index (χ1n) is 19.7. The van der Waals surface area contributed by atoms with Crippen LogP contribution in [0.15, 0.2) is 82.4 Å². The molecule has 0 radical (unpaired) electrons. The van der Waals surface area contributed by atoms with Gasteiger partial charge < -0.3 is 31.1 Å². The van der Waals surface area contributed by atoms with Gasteiger partial charge in [0.2, 0.25) is 0 Å². The molecule has 1 heterocycles. The number of rotatable bonds is 15. The van der Waals surface area contributed by atoms with E-state index in [9.17, 15) is 19.2 Å². The van der Waals surface area contributed by atoms with Crippen LogP contribution in [0.2, 0.25) is 0 Å². The van der Waals surface area contributed by atoms with E-state index in [1.807, 2.05) is 6.07 Å². The fourth-order valence-corrected chi connectivity index (χ4v) is 7.80. The molecule has 0 bridgehead atoms. The number of carbonyl (C=O) groups is 4. The second-order valence-electron chi connectivity index (χ2n) is 15.5. The van der Waals surface area contributed by atoms with Gasteiger partial charge in [0.15, 0.2) is 0 Å². The molecular weight excluding hydrogens is 765 g/mol. The monoisotopic (exact) mass is 817 g/mol. The summed E-state index contributed by atoms with van der Waals surface area (Å²) in [5.74, 6) is -3.80. The highest BCUT2D eigenvalue weighted by molar-refractivity contribution is 7.84. The second kappa shape index (κ2) is 20.1. The van der Waals surface area contributed by atoms with E-state index in [4.69, 9.17) is 10.2 Å². The van der Waals surface area contributed by atoms with E-state index in [-0.39, 0.29) is 59.1 Å². The van der Waals surface area contributed by atoms with Gasteiger partial charge in [-0.05, 0) is 130 Å². The highest BCUT2D eigenvalue weighted by Crippen LogP contribution is 2.34. The maximum atomic E-state index is 15.3. The number of hydrogen-bond acceptors (Lipinski definition) is 7. The highest BCUT2D eigenvalue weighted by atomic mass is 32.1. The van der Waals surface area contributed by atoms with Gasteiger partial charge in [-0.2, -0.15) is 0 Å². The SMILES string of the molecule is C/C(NC(=O)c1cccc(CN2CCN(C(=O)NCCCCO)CC2(C)C)c1)=C(/C(=O)Nc1cc(F)c(CCc2ccc(C(=O)O)cc2)c(F)c1)C1=C(S)CCCC1. The maximum absolute atomic E-state index is 15.3. The van der Waals surface area contributed by atoms with Crippen molar-refractivity contribution in [1.82, 2.24) is 20.4 Å². The average Bonchev–Trinajstić information content (AvgIpc) is 3.18. The normalized spacial score (nSPS) is 16.1. The van der Waals surface area contributed by atoms with Gasteiger partial charge in [0, 0.05) is 67.4 Å². The molecule has 1 aliphatic heterocycles. The summed E-state index contributed by atoms with van der Waals surface area (Å²) in [5, 5.41) is 26.6. The number of allylic oxidation sites excluding steroid dienone is 2. The Bertz CT molecular complexity index is 2050. The molecule has 5 rings (SSSR count). The number of nitrogens with zero attached hydrogens (tertiary/aromatic N) is 2.